The molecule has 2 aromatic rings. The summed E-state index contributed by atoms with van der Waals surface area (Å²) in [6.07, 6.45) is 10.5. The molecule has 3 rings (SSSR count). The number of esters is 3. The Morgan fingerprint density at radius 2 is 1.64 bits per heavy atom. The lowest BCUT2D eigenvalue weighted by Gasteiger charge is -2.34. The van der Waals surface area contributed by atoms with Gasteiger partial charge in [-0.15, -0.1) is 0 Å². The van der Waals surface area contributed by atoms with Gasteiger partial charge in [0, 0.05) is 24.9 Å². The molecular weight excluding hydrogens is 560 g/mol. The zero-order chi connectivity index (χ0) is 32.5. The van der Waals surface area contributed by atoms with Gasteiger partial charge in [0.1, 0.15) is 11.4 Å². The molecule has 0 aliphatic carbocycles. The fourth-order valence-corrected chi connectivity index (χ4v) is 5.75. The second kappa shape index (κ2) is 15.1. The maximum Gasteiger partial charge on any atom is 0.347 e. The van der Waals surface area contributed by atoms with Crippen LogP contribution in [0, 0.1) is 10.8 Å². The van der Waals surface area contributed by atoms with E-state index in [2.05, 4.69) is 16.5 Å². The number of aromatic nitrogens is 2. The highest BCUT2D eigenvalue weighted by molar-refractivity contribution is 5.83. The number of nitrogens with zero attached hydrogens (tertiary/aromatic N) is 2. The van der Waals surface area contributed by atoms with Crippen molar-refractivity contribution in [1.29, 1.82) is 0 Å². The van der Waals surface area contributed by atoms with Gasteiger partial charge in [0.25, 0.3) is 0 Å². The number of carbonyl (C=O) groups excluding carboxylic acids is 3. The lowest BCUT2D eigenvalue weighted by atomic mass is 9.74. The van der Waals surface area contributed by atoms with E-state index in [0.717, 1.165) is 18.4 Å². The normalized spacial score (nSPS) is 19.3. The van der Waals surface area contributed by atoms with E-state index in [1.54, 1.807) is 18.3 Å². The number of ether oxygens (including phenoxy) is 3. The van der Waals surface area contributed by atoms with Crippen molar-refractivity contribution in [2.24, 2.45) is 10.8 Å². The fraction of sp³-hybridized carbons (Fsp3) is 0.657. The smallest absolute Gasteiger partial charge is 0.347 e. The summed E-state index contributed by atoms with van der Waals surface area (Å²) in [5, 5.41) is 9.96. The molecule has 9 heteroatoms. The Kier molecular flexibility index (Phi) is 12.0. The highest BCUT2D eigenvalue weighted by Crippen LogP contribution is 2.41. The van der Waals surface area contributed by atoms with E-state index in [0.29, 0.717) is 44.9 Å². The van der Waals surface area contributed by atoms with Crippen LogP contribution in [-0.4, -0.2) is 50.9 Å². The fourth-order valence-electron chi connectivity index (χ4n) is 5.75. The number of cyclic esters (lactones) is 1. The van der Waals surface area contributed by atoms with Crippen molar-refractivity contribution >= 4 is 17.9 Å². The topological polar surface area (TPSA) is 117 Å². The average Bonchev–Trinajstić information content (AvgIpc) is 3.65. The van der Waals surface area contributed by atoms with Crippen LogP contribution in [0.3, 0.4) is 0 Å². The molecule has 5 unspecified atom stereocenters. The molecule has 0 amide bonds. The van der Waals surface area contributed by atoms with Gasteiger partial charge in [0.15, 0.2) is 0 Å². The van der Waals surface area contributed by atoms with Crippen molar-refractivity contribution in [3.8, 4) is 5.75 Å². The van der Waals surface area contributed by atoms with Crippen LogP contribution >= 0.6 is 0 Å². The Morgan fingerprint density at radius 3 is 2.16 bits per heavy atom. The van der Waals surface area contributed by atoms with Crippen molar-refractivity contribution in [2.45, 2.75) is 130 Å². The molecule has 5 atom stereocenters. The van der Waals surface area contributed by atoms with E-state index in [4.69, 9.17) is 14.2 Å². The molecule has 1 fully saturated rings. The maximum absolute atomic E-state index is 13.7. The van der Waals surface area contributed by atoms with Gasteiger partial charge in [-0.2, -0.15) is 0 Å². The lowest BCUT2D eigenvalue weighted by molar-refractivity contribution is -0.168. The molecule has 244 valence electrons. The minimum Gasteiger partial charge on any atom is -0.508 e. The molecule has 1 N–H and O–H groups in total. The highest BCUT2D eigenvalue weighted by Gasteiger charge is 2.40. The third kappa shape index (κ3) is 9.57. The van der Waals surface area contributed by atoms with Crippen LogP contribution in [0.1, 0.15) is 124 Å². The van der Waals surface area contributed by atoms with E-state index < -0.39 is 34.5 Å². The summed E-state index contributed by atoms with van der Waals surface area (Å²) in [5.41, 5.74) is -1.10. The quantitative estimate of drug-likeness (QED) is 0.155. The third-order valence-electron chi connectivity index (χ3n) is 9.20. The standard InChI is InChI=1S/C35H52N2O7/c1-8-27(37-22-21-36-24-37)16-20-35(7,32(41)44-33(3,4)5)19-15-26(25-10-12-28(38)13-11-25)14-18-34(6,9-2)31(40)43-29-17-23-42-30(29)39/h10-13,21-22,24,26-27,29,38H,8-9,14-20,23H2,1-7H3. The van der Waals surface area contributed by atoms with Crippen molar-refractivity contribution in [3.63, 3.8) is 0 Å². The largest absolute Gasteiger partial charge is 0.508 e. The number of hydrogen-bond acceptors (Lipinski definition) is 8. The molecule has 44 heavy (non-hydrogen) atoms. The van der Waals surface area contributed by atoms with E-state index >= 15 is 0 Å². The summed E-state index contributed by atoms with van der Waals surface area (Å²) in [5.74, 6) is -0.888. The summed E-state index contributed by atoms with van der Waals surface area (Å²) in [7, 11) is 0. The number of hydrogen-bond donors (Lipinski definition) is 1. The van der Waals surface area contributed by atoms with Crippen LogP contribution in [0.2, 0.25) is 0 Å². The highest BCUT2D eigenvalue weighted by atomic mass is 16.6. The summed E-state index contributed by atoms with van der Waals surface area (Å²) >= 11 is 0. The number of phenolic OH excluding ortho intramolecular Hbond substituents is 1. The number of rotatable bonds is 16. The molecule has 0 radical (unpaired) electrons. The third-order valence-corrected chi connectivity index (χ3v) is 9.20. The molecule has 0 bridgehead atoms. The van der Waals surface area contributed by atoms with Crippen molar-refractivity contribution < 1.29 is 33.7 Å². The van der Waals surface area contributed by atoms with Gasteiger partial charge in [-0.1, -0.05) is 26.0 Å². The van der Waals surface area contributed by atoms with Crippen LogP contribution in [0.4, 0.5) is 0 Å². The molecule has 1 aromatic heterocycles. The van der Waals surface area contributed by atoms with Crippen LogP contribution in [0.25, 0.3) is 0 Å². The summed E-state index contributed by atoms with van der Waals surface area (Å²) in [6, 6.07) is 7.39. The number of imidazole rings is 1. The van der Waals surface area contributed by atoms with Crippen LogP contribution in [-0.2, 0) is 28.6 Å². The van der Waals surface area contributed by atoms with Gasteiger partial charge < -0.3 is 23.9 Å². The second-order valence-corrected chi connectivity index (χ2v) is 13.8. The molecule has 0 spiro atoms. The monoisotopic (exact) mass is 612 g/mol. The van der Waals surface area contributed by atoms with E-state index in [-0.39, 0.29) is 30.3 Å². The average molecular weight is 613 g/mol. The predicted molar refractivity (Wildman–Crippen MR) is 168 cm³/mol. The molecule has 2 heterocycles. The summed E-state index contributed by atoms with van der Waals surface area (Å²) < 4.78 is 18.6. The molecule has 0 saturated carbocycles. The number of aromatic hydroxyl groups is 1. The molecule has 1 saturated heterocycles. The van der Waals surface area contributed by atoms with Crippen molar-refractivity contribution in [1.82, 2.24) is 9.55 Å². The second-order valence-electron chi connectivity index (χ2n) is 13.8. The Balaban J connectivity index is 1.81. The zero-order valence-electron chi connectivity index (χ0n) is 27.6. The number of carbonyl (C=O) groups is 3. The zero-order valence-corrected chi connectivity index (χ0v) is 27.6. The molecule has 1 aliphatic heterocycles. The number of phenols is 1. The van der Waals surface area contributed by atoms with Gasteiger partial charge in [-0.25, -0.2) is 9.78 Å². The van der Waals surface area contributed by atoms with E-state index in [1.807, 2.05) is 66.2 Å². The Bertz CT molecular complexity index is 1220. The Labute approximate surface area is 262 Å². The van der Waals surface area contributed by atoms with Gasteiger partial charge in [0.2, 0.25) is 6.10 Å². The molecular formula is C35H52N2O7. The van der Waals surface area contributed by atoms with E-state index in [1.165, 1.54) is 0 Å². The minimum atomic E-state index is -0.843. The first-order chi connectivity index (χ1) is 20.7. The minimum absolute atomic E-state index is 0.0168. The summed E-state index contributed by atoms with van der Waals surface area (Å²) in [6.45, 7) is 13.9. The van der Waals surface area contributed by atoms with Crippen LogP contribution in [0.15, 0.2) is 43.0 Å². The van der Waals surface area contributed by atoms with E-state index in [9.17, 15) is 19.5 Å². The Morgan fingerprint density at radius 1 is 1.00 bits per heavy atom. The van der Waals surface area contributed by atoms with Gasteiger partial charge in [0.05, 0.1) is 23.8 Å². The molecule has 1 aliphatic rings. The maximum atomic E-state index is 13.7. The predicted octanol–water partition coefficient (Wildman–Crippen LogP) is 7.29. The van der Waals surface area contributed by atoms with Crippen molar-refractivity contribution in [3.05, 3.63) is 48.5 Å². The first kappa shape index (κ1) is 35.1. The van der Waals surface area contributed by atoms with Gasteiger partial charge in [-0.3, -0.25) is 9.59 Å². The van der Waals surface area contributed by atoms with Crippen molar-refractivity contribution in [2.75, 3.05) is 6.61 Å². The first-order valence-electron chi connectivity index (χ1n) is 16.1. The van der Waals surface area contributed by atoms with Gasteiger partial charge >= 0.3 is 17.9 Å². The Hall–Kier alpha value is -3.36. The number of benzene rings is 1. The SMILES string of the molecule is CCC(CCC(C)(CCC(CCC(C)(CC)C(=O)OC1CCOC1=O)c1ccc(O)cc1)C(=O)OC(C)(C)C)n1ccnc1. The van der Waals surface area contributed by atoms with Crippen LogP contribution in [0.5, 0.6) is 5.75 Å². The lowest BCUT2D eigenvalue weighted by Crippen LogP contribution is -2.37. The molecule has 9 nitrogen and oxygen atoms in total. The van der Waals surface area contributed by atoms with Gasteiger partial charge in [-0.05, 0) is 110 Å². The molecule has 1 aromatic carbocycles. The van der Waals surface area contributed by atoms with Crippen LogP contribution < -0.4 is 0 Å². The first-order valence-corrected chi connectivity index (χ1v) is 16.1. The summed E-state index contributed by atoms with van der Waals surface area (Å²) in [4.78, 5) is 43.2.